The molecule has 27 heteroatoms. The topological polar surface area (TPSA) is 192 Å². The Labute approximate surface area is 565 Å². The lowest BCUT2D eigenvalue weighted by molar-refractivity contribution is -0.139. The molecule has 1 unspecified atom stereocenters. The Morgan fingerprint density at radius 3 is 1.32 bits per heavy atom. The average Bonchev–Trinajstić information content (AvgIpc) is 1.66. The molecular formula is C68H89BrF6N8O8S2Si2. The van der Waals surface area contributed by atoms with E-state index in [0.717, 1.165) is 72.4 Å². The molecule has 0 spiro atoms. The number of aliphatic hydroxyl groups is 1. The molecule has 518 valence electrons. The van der Waals surface area contributed by atoms with E-state index in [0.29, 0.717) is 67.6 Å². The van der Waals surface area contributed by atoms with Crippen molar-refractivity contribution < 1.29 is 62.6 Å². The third kappa shape index (κ3) is 15.2. The van der Waals surface area contributed by atoms with Crippen molar-refractivity contribution in [1.29, 1.82) is 0 Å². The minimum absolute atomic E-state index is 0.00691. The fourth-order valence-electron chi connectivity index (χ4n) is 14.2. The number of anilines is 2. The van der Waals surface area contributed by atoms with E-state index < -0.39 is 82.6 Å². The van der Waals surface area contributed by atoms with Crippen LogP contribution in [0, 0.1) is 41.5 Å². The maximum atomic E-state index is 14.1. The Kier molecular flexibility index (Phi) is 24.7. The number of alkyl halides is 6. The maximum Gasteiger partial charge on any atom is 0.416 e. The molecule has 0 aliphatic rings. The summed E-state index contributed by atoms with van der Waals surface area (Å²) in [5, 5.41) is 13.8. The van der Waals surface area contributed by atoms with Gasteiger partial charge in [-0.2, -0.15) is 26.3 Å². The van der Waals surface area contributed by atoms with E-state index in [2.05, 4.69) is 136 Å². The van der Waals surface area contributed by atoms with Crippen LogP contribution in [0.15, 0.2) is 112 Å². The van der Waals surface area contributed by atoms with E-state index in [1.165, 1.54) is 46.5 Å². The molecule has 8 rings (SSSR count). The minimum Gasteiger partial charge on any atom is -0.382 e. The summed E-state index contributed by atoms with van der Waals surface area (Å²) in [7, 11) is -10.4. The number of ether oxygens (including phenoxy) is 2. The van der Waals surface area contributed by atoms with Crippen molar-refractivity contribution in [2.75, 3.05) is 36.3 Å². The van der Waals surface area contributed by atoms with Gasteiger partial charge in [-0.1, -0.05) is 95.2 Å². The molecule has 1 atom stereocenters. The predicted octanol–water partition coefficient (Wildman–Crippen LogP) is 17.7. The van der Waals surface area contributed by atoms with Gasteiger partial charge in [0.15, 0.2) is 22.8 Å². The molecule has 0 amide bonds. The lowest BCUT2D eigenvalue weighted by Gasteiger charge is -2.44. The van der Waals surface area contributed by atoms with Crippen molar-refractivity contribution in [3.63, 3.8) is 0 Å². The van der Waals surface area contributed by atoms with E-state index in [-0.39, 0.29) is 39.5 Å². The predicted molar refractivity (Wildman–Crippen MR) is 372 cm³/mol. The molecule has 8 aromatic rings. The third-order valence-electron chi connectivity index (χ3n) is 18.2. The number of sulfonamides is 2. The van der Waals surface area contributed by atoms with Gasteiger partial charge in [-0.3, -0.25) is 9.78 Å². The van der Waals surface area contributed by atoms with Gasteiger partial charge in [0.2, 0.25) is 0 Å². The second kappa shape index (κ2) is 30.2. The van der Waals surface area contributed by atoms with Crippen LogP contribution in [0.4, 0.5) is 37.7 Å². The van der Waals surface area contributed by atoms with Crippen LogP contribution in [0.1, 0.15) is 155 Å². The van der Waals surface area contributed by atoms with Crippen LogP contribution in [0.3, 0.4) is 0 Å². The Morgan fingerprint density at radius 1 is 0.537 bits per heavy atom. The summed E-state index contributed by atoms with van der Waals surface area (Å²) in [5.74, 6) is 0. The summed E-state index contributed by atoms with van der Waals surface area (Å²) in [6, 6.07) is 12.9. The number of aryl methyl sites for hydroxylation is 6. The smallest absolute Gasteiger partial charge is 0.382 e. The average molecular weight is 1460 g/mol. The fourth-order valence-corrected chi connectivity index (χ4v) is 30.7. The van der Waals surface area contributed by atoms with Gasteiger partial charge in [-0.15, -0.1) is 0 Å². The third-order valence-corrected chi connectivity index (χ3v) is 35.7. The highest BCUT2D eigenvalue weighted by Crippen LogP contribution is 2.47. The van der Waals surface area contributed by atoms with Crippen molar-refractivity contribution >= 4 is 92.2 Å². The van der Waals surface area contributed by atoms with Crippen LogP contribution in [-0.2, 0) is 41.9 Å². The second-order valence-electron chi connectivity index (χ2n) is 26.0. The number of aromatic nitrogens is 6. The number of hydrogen-bond acceptors (Lipinski definition) is 12. The number of methoxy groups -OCH3 is 2. The number of halogens is 7. The highest BCUT2D eigenvalue weighted by Gasteiger charge is 2.48. The second-order valence-corrected chi connectivity index (χ2v) is 41.9. The lowest BCUT2D eigenvalue weighted by Crippen LogP contribution is -2.51. The Hall–Kier alpha value is -6.34. The quantitative estimate of drug-likeness (QED) is 0.0236. The minimum atomic E-state index is -4.75. The number of fused-ring (bicyclic) bond motifs is 2. The van der Waals surface area contributed by atoms with E-state index in [1.807, 2.05) is 26.1 Å². The molecule has 2 aromatic carbocycles. The number of rotatable bonds is 21. The van der Waals surface area contributed by atoms with Crippen LogP contribution in [-0.4, -0.2) is 101 Å². The first-order valence-electron chi connectivity index (χ1n) is 31.1. The normalized spacial score (nSPS) is 13.1. The number of hydrogen-bond donors (Lipinski definition) is 1. The van der Waals surface area contributed by atoms with Crippen molar-refractivity contribution in [2.24, 2.45) is 0 Å². The van der Waals surface area contributed by atoms with Crippen LogP contribution >= 0.6 is 15.9 Å². The van der Waals surface area contributed by atoms with Crippen molar-refractivity contribution in [3.8, 4) is 0 Å². The number of carbonyl (C=O) groups excluding carboxylic acids is 1. The van der Waals surface area contributed by atoms with Crippen molar-refractivity contribution in [2.45, 2.75) is 186 Å². The van der Waals surface area contributed by atoms with Gasteiger partial charge in [0.05, 0.1) is 38.0 Å². The molecule has 6 aromatic heterocycles. The summed E-state index contributed by atoms with van der Waals surface area (Å²) in [6.07, 6.45) is 0.965. The van der Waals surface area contributed by atoms with Crippen molar-refractivity contribution in [1.82, 2.24) is 28.4 Å². The van der Waals surface area contributed by atoms with Crippen molar-refractivity contribution in [3.05, 3.63) is 164 Å². The summed E-state index contributed by atoms with van der Waals surface area (Å²) < 4.78 is 152. The van der Waals surface area contributed by atoms with E-state index in [9.17, 15) is 53.1 Å². The largest absolute Gasteiger partial charge is 0.416 e. The monoisotopic (exact) mass is 1460 g/mol. The van der Waals surface area contributed by atoms with Gasteiger partial charge >= 0.3 is 12.4 Å². The molecule has 0 fully saturated rings. The molecule has 0 saturated heterocycles. The molecule has 95 heavy (non-hydrogen) atoms. The van der Waals surface area contributed by atoms with Crippen LogP contribution in [0.5, 0.6) is 0 Å². The molecule has 0 bridgehead atoms. The highest BCUT2D eigenvalue weighted by molar-refractivity contribution is 9.10. The number of carbonyl (C=O) groups is 1. The SMILES string of the molecule is COCN(c1cc(C)cnc1Br)S(=O)(=O)c1ccc(C)c(C(F)(F)F)c1.COCN(c1cc(C)cnc1C(O)c1c(C)cnc2c1ccn2[Si](C(C)C)(C(C)C)C(C)C)S(=O)(=O)c1ccc(C)c(C(F)(F)F)c1.Cc1cnc2c(ccn2[Si](C(C)C)(C(C)C)C(C)C)c1C=O. The summed E-state index contributed by atoms with van der Waals surface area (Å²) in [4.78, 5) is 28.5. The number of nitrogens with zero attached hydrogens (tertiary/aromatic N) is 8. The first-order chi connectivity index (χ1) is 44.1. The molecule has 0 aliphatic carbocycles. The zero-order chi connectivity index (χ0) is 71.6. The van der Waals surface area contributed by atoms with Gasteiger partial charge in [-0.25, -0.2) is 40.4 Å². The Bertz CT molecular complexity index is 4250. The standard InChI is InChI=1S/C34H45F3N4O4SSi.C18H28N2OSi.C16H16BrF3N2O3S/c1-20(2)47(21(3)4,22(5)6)41-14-13-27-30(25(9)18-39-33(27)41)32(42)31-29(15-23(7)17-38-31)40(19-45-10)46(43,44)26-12-11-24(8)28(16-26)34(35,36)37;1-12(2)22(13(3)4,14(5)6)20-9-8-16-17(11-21)15(7)10-19-18(16)20;1-10-6-14(15(17)21-8-10)22(9-25-3)26(23,24)12-5-4-11(2)13(7-12)16(18,19)20/h11-18,20-22,32,42H,19H2,1-10H3;8-14H,1-7H3;4-8H,9H2,1-3H3. The molecule has 6 heterocycles. The van der Waals surface area contributed by atoms with Gasteiger partial charge in [-0.05, 0) is 185 Å². The van der Waals surface area contributed by atoms with Crippen LogP contribution < -0.4 is 8.61 Å². The van der Waals surface area contributed by atoms with E-state index >= 15 is 0 Å². The highest BCUT2D eigenvalue weighted by atomic mass is 79.9. The zero-order valence-electron chi connectivity index (χ0n) is 57.6. The molecule has 0 aliphatic heterocycles. The maximum absolute atomic E-state index is 14.1. The summed E-state index contributed by atoms with van der Waals surface area (Å²) in [5.41, 5.74) is 6.82. The first-order valence-corrected chi connectivity index (χ1v) is 39.2. The lowest BCUT2D eigenvalue weighted by atomic mass is 9.98. The summed E-state index contributed by atoms with van der Waals surface area (Å²) >= 11 is 3.17. The molecular weight excluding hydrogens is 1370 g/mol. The van der Waals surface area contributed by atoms with Crippen LogP contribution in [0.2, 0.25) is 33.2 Å². The van der Waals surface area contributed by atoms with E-state index in [4.69, 9.17) is 19.4 Å². The number of aldehydes is 1. The Balaban J connectivity index is 0.000000250. The van der Waals surface area contributed by atoms with Crippen LogP contribution in [0.25, 0.3) is 22.1 Å². The van der Waals surface area contributed by atoms with Gasteiger partial charge in [0, 0.05) is 60.9 Å². The first kappa shape index (κ1) is 77.7. The fraction of sp³-hybridized carbons (Fsp3) is 0.456. The van der Waals surface area contributed by atoms with Gasteiger partial charge < -0.3 is 23.0 Å². The molecule has 0 saturated carbocycles. The van der Waals surface area contributed by atoms with Gasteiger partial charge in [0.1, 0.15) is 35.5 Å². The van der Waals surface area contributed by atoms with E-state index in [1.54, 1.807) is 26.1 Å². The number of pyridine rings is 4. The van der Waals surface area contributed by atoms with Gasteiger partial charge in [0.25, 0.3) is 20.0 Å². The summed E-state index contributed by atoms with van der Waals surface area (Å²) in [6.45, 7) is 36.4. The molecule has 0 radical (unpaired) electrons. The number of aliphatic hydroxyl groups excluding tert-OH is 1. The zero-order valence-corrected chi connectivity index (χ0v) is 62.8. The Morgan fingerprint density at radius 2 is 0.916 bits per heavy atom. The molecule has 1 N–H and O–H groups in total. The number of benzene rings is 2. The molecule has 16 nitrogen and oxygen atoms in total.